The molecule has 41 heavy (non-hydrogen) atoms. The minimum absolute atomic E-state index is 0.0705. The second kappa shape index (κ2) is 12.4. The normalized spacial score (nSPS) is 16.0. The Morgan fingerprint density at radius 1 is 1.27 bits per heavy atom. The van der Waals surface area contributed by atoms with Crippen molar-refractivity contribution in [1.29, 1.82) is 5.26 Å². The summed E-state index contributed by atoms with van der Waals surface area (Å²) in [5.41, 5.74) is 3.26. The number of aromatic nitrogens is 3. The molecule has 1 aromatic carbocycles. The van der Waals surface area contributed by atoms with Crippen LogP contribution >= 0.6 is 23.1 Å². The van der Waals surface area contributed by atoms with Crippen LogP contribution in [0.15, 0.2) is 42.1 Å². The monoisotopic (exact) mass is 591 g/mol. The molecule has 218 valence electrons. The molecule has 0 saturated carbocycles. The number of hydrogen-bond donors (Lipinski definition) is 1. The minimum Gasteiger partial charge on any atom is -0.483 e. The zero-order valence-corrected chi connectivity index (χ0v) is 26.8. The molecule has 0 aliphatic heterocycles. The van der Waals surface area contributed by atoms with Gasteiger partial charge in [-0.3, -0.25) is 9.36 Å². The quantitative estimate of drug-likeness (QED) is 0.202. The van der Waals surface area contributed by atoms with Crippen LogP contribution in [-0.2, 0) is 29.6 Å². The van der Waals surface area contributed by atoms with Gasteiger partial charge in [0.15, 0.2) is 17.1 Å². The van der Waals surface area contributed by atoms with Gasteiger partial charge in [-0.1, -0.05) is 71.5 Å². The number of carbonyl (C=O) groups is 1. The van der Waals surface area contributed by atoms with Gasteiger partial charge in [-0.05, 0) is 66.2 Å². The predicted molar refractivity (Wildman–Crippen MR) is 168 cm³/mol. The highest BCUT2D eigenvalue weighted by molar-refractivity contribution is 7.99. The third kappa shape index (κ3) is 7.22. The van der Waals surface area contributed by atoms with Crippen LogP contribution in [0.3, 0.4) is 0 Å². The summed E-state index contributed by atoms with van der Waals surface area (Å²) in [6.45, 7) is 19.7. The van der Waals surface area contributed by atoms with E-state index in [0.29, 0.717) is 34.0 Å². The third-order valence-corrected chi connectivity index (χ3v) is 9.78. The minimum atomic E-state index is -0.348. The van der Waals surface area contributed by atoms with Crippen LogP contribution in [0.2, 0.25) is 0 Å². The summed E-state index contributed by atoms with van der Waals surface area (Å²) in [6.07, 6.45) is 4.34. The first-order valence-electron chi connectivity index (χ1n) is 14.1. The van der Waals surface area contributed by atoms with Gasteiger partial charge in [0.05, 0.1) is 11.3 Å². The van der Waals surface area contributed by atoms with Gasteiger partial charge in [-0.2, -0.15) is 5.26 Å². The van der Waals surface area contributed by atoms with Crippen molar-refractivity contribution in [3.05, 3.63) is 64.3 Å². The molecule has 0 saturated heterocycles. The number of rotatable bonds is 9. The molecule has 7 nitrogen and oxygen atoms in total. The summed E-state index contributed by atoms with van der Waals surface area (Å²) in [5.74, 6) is 1.97. The van der Waals surface area contributed by atoms with E-state index in [-0.39, 0.29) is 28.6 Å². The maximum absolute atomic E-state index is 13.0. The first-order valence-corrected chi connectivity index (χ1v) is 15.9. The number of anilines is 1. The number of fused-ring (bicyclic) bond motifs is 1. The van der Waals surface area contributed by atoms with E-state index in [1.807, 2.05) is 23.6 Å². The van der Waals surface area contributed by atoms with Gasteiger partial charge < -0.3 is 10.1 Å². The van der Waals surface area contributed by atoms with Gasteiger partial charge in [0.1, 0.15) is 16.8 Å². The van der Waals surface area contributed by atoms with Gasteiger partial charge in [0.2, 0.25) is 5.91 Å². The van der Waals surface area contributed by atoms with Crippen LogP contribution in [0.4, 0.5) is 5.00 Å². The SMILES string of the molecule is C=CCn1c(SCC(=O)Nc2sc3c(c2C#N)CCC(C(C)(C)C)C3)nnc1C(C)Oc1ccc(C(C)(C)C)cc1. The number of hydrogen-bond acceptors (Lipinski definition) is 7. The van der Waals surface area contributed by atoms with E-state index in [1.54, 1.807) is 17.4 Å². The van der Waals surface area contributed by atoms with Gasteiger partial charge in [-0.25, -0.2) is 0 Å². The highest BCUT2D eigenvalue weighted by Gasteiger charge is 2.32. The van der Waals surface area contributed by atoms with Crippen LogP contribution in [0.5, 0.6) is 5.75 Å². The first kappa shape index (κ1) is 30.9. The van der Waals surface area contributed by atoms with E-state index in [2.05, 4.69) is 81.8 Å². The molecule has 0 radical (unpaired) electrons. The Bertz CT molecular complexity index is 1430. The average Bonchev–Trinajstić information content (AvgIpc) is 3.46. The molecule has 1 aliphatic carbocycles. The summed E-state index contributed by atoms with van der Waals surface area (Å²) in [5, 5.41) is 22.9. The molecule has 2 heterocycles. The third-order valence-electron chi connectivity index (χ3n) is 7.64. The number of ether oxygens (including phenoxy) is 1. The van der Waals surface area contributed by atoms with E-state index >= 15 is 0 Å². The zero-order chi connectivity index (χ0) is 29.9. The highest BCUT2D eigenvalue weighted by Crippen LogP contribution is 2.44. The number of nitriles is 1. The fourth-order valence-electron chi connectivity index (χ4n) is 5.12. The number of thiophene rings is 1. The number of amides is 1. The van der Waals surface area contributed by atoms with Crippen LogP contribution in [0.25, 0.3) is 0 Å². The number of allylic oxidation sites excluding steroid dienone is 1. The summed E-state index contributed by atoms with van der Waals surface area (Å²) in [7, 11) is 0. The molecule has 9 heteroatoms. The smallest absolute Gasteiger partial charge is 0.235 e. The number of thioether (sulfide) groups is 1. The second-order valence-electron chi connectivity index (χ2n) is 12.7. The fraction of sp³-hybridized carbons (Fsp3) is 0.500. The molecular formula is C32H41N5O2S2. The Morgan fingerprint density at radius 3 is 2.59 bits per heavy atom. The van der Waals surface area contributed by atoms with Crippen molar-refractivity contribution in [3.8, 4) is 11.8 Å². The lowest BCUT2D eigenvalue weighted by molar-refractivity contribution is -0.113. The van der Waals surface area contributed by atoms with Crippen molar-refractivity contribution >= 4 is 34.0 Å². The second-order valence-corrected chi connectivity index (χ2v) is 14.8. The van der Waals surface area contributed by atoms with Gasteiger partial charge in [0.25, 0.3) is 0 Å². The topological polar surface area (TPSA) is 92.8 Å². The zero-order valence-electron chi connectivity index (χ0n) is 25.2. The number of nitrogens with zero attached hydrogens (tertiary/aromatic N) is 4. The van der Waals surface area contributed by atoms with Gasteiger partial charge in [0, 0.05) is 11.4 Å². The maximum Gasteiger partial charge on any atom is 0.235 e. The van der Waals surface area contributed by atoms with Crippen molar-refractivity contribution in [1.82, 2.24) is 14.8 Å². The fourth-order valence-corrected chi connectivity index (χ4v) is 7.17. The summed E-state index contributed by atoms with van der Waals surface area (Å²) >= 11 is 2.86. The van der Waals surface area contributed by atoms with Crippen molar-refractivity contribution in [3.63, 3.8) is 0 Å². The predicted octanol–water partition coefficient (Wildman–Crippen LogP) is 7.72. The molecule has 4 rings (SSSR count). The number of nitrogens with one attached hydrogen (secondary N) is 1. The van der Waals surface area contributed by atoms with Crippen molar-refractivity contribution in [2.45, 2.75) is 90.9 Å². The van der Waals surface area contributed by atoms with Gasteiger partial charge in [-0.15, -0.1) is 28.1 Å². The summed E-state index contributed by atoms with van der Waals surface area (Å²) < 4.78 is 8.12. The standard InChI is InChI=1S/C32H41N5O2S2/c1-9-16-37-28(20(2)39-23-13-10-21(11-14-23)31(3,4)5)35-36-30(37)40-19-27(38)34-29-25(18-33)24-15-12-22(32(6,7)8)17-26(24)41-29/h9-11,13-14,20,22H,1,12,15-17,19H2,2-8H3,(H,34,38). The Balaban J connectivity index is 1.42. The largest absolute Gasteiger partial charge is 0.483 e. The van der Waals surface area contributed by atoms with Crippen molar-refractivity contribution in [2.24, 2.45) is 11.3 Å². The van der Waals surface area contributed by atoms with E-state index < -0.39 is 0 Å². The molecule has 3 aromatic rings. The van der Waals surface area contributed by atoms with E-state index in [0.717, 1.165) is 30.6 Å². The van der Waals surface area contributed by atoms with Crippen molar-refractivity contribution in [2.75, 3.05) is 11.1 Å². The lowest BCUT2D eigenvalue weighted by atomic mass is 9.72. The number of benzene rings is 1. The van der Waals surface area contributed by atoms with E-state index in [1.165, 1.54) is 22.2 Å². The maximum atomic E-state index is 13.0. The van der Waals surface area contributed by atoms with Gasteiger partial charge >= 0.3 is 0 Å². The molecule has 1 N–H and O–H groups in total. The lowest BCUT2D eigenvalue weighted by Gasteiger charge is -2.33. The Hall–Kier alpha value is -3.09. The van der Waals surface area contributed by atoms with Crippen LogP contribution in [0, 0.1) is 22.7 Å². The Labute approximate surface area is 252 Å². The lowest BCUT2D eigenvalue weighted by Crippen LogP contribution is -2.26. The molecule has 2 aromatic heterocycles. The molecule has 0 spiro atoms. The van der Waals surface area contributed by atoms with E-state index in [4.69, 9.17) is 4.74 Å². The van der Waals surface area contributed by atoms with Crippen LogP contribution in [0.1, 0.15) is 88.4 Å². The summed E-state index contributed by atoms with van der Waals surface area (Å²) in [4.78, 5) is 14.2. The molecule has 2 atom stereocenters. The molecule has 2 unspecified atom stereocenters. The molecule has 1 amide bonds. The van der Waals surface area contributed by atoms with E-state index in [9.17, 15) is 10.1 Å². The Morgan fingerprint density at radius 2 is 1.98 bits per heavy atom. The Kier molecular flexibility index (Phi) is 9.35. The van der Waals surface area contributed by atoms with Crippen molar-refractivity contribution < 1.29 is 9.53 Å². The van der Waals surface area contributed by atoms with Crippen LogP contribution < -0.4 is 10.1 Å². The first-order chi connectivity index (χ1) is 19.3. The summed E-state index contributed by atoms with van der Waals surface area (Å²) in [6, 6.07) is 10.5. The average molecular weight is 592 g/mol. The number of carbonyl (C=O) groups excluding carboxylic acids is 1. The highest BCUT2D eigenvalue weighted by atomic mass is 32.2. The molecular weight excluding hydrogens is 551 g/mol. The molecule has 0 bridgehead atoms. The van der Waals surface area contributed by atoms with Crippen LogP contribution in [-0.4, -0.2) is 26.4 Å². The molecule has 0 fully saturated rings. The molecule has 1 aliphatic rings.